The van der Waals surface area contributed by atoms with E-state index in [0.717, 1.165) is 33.8 Å². The van der Waals surface area contributed by atoms with Crippen molar-refractivity contribution in [3.8, 4) is 33.8 Å². The minimum atomic E-state index is 0.852. The van der Waals surface area contributed by atoms with Gasteiger partial charge in [0, 0.05) is 23.5 Å². The van der Waals surface area contributed by atoms with Crippen LogP contribution < -0.4 is 9.47 Å². The SMILES string of the molecule is COc1cccc(-c2c[nH]cc2-c2cccc(OC)c2)c1. The molecule has 3 rings (SSSR count). The molecule has 0 radical (unpaired) electrons. The second-order valence-corrected chi connectivity index (χ2v) is 4.75. The fourth-order valence-corrected chi connectivity index (χ4v) is 2.42. The van der Waals surface area contributed by atoms with Gasteiger partial charge in [0.2, 0.25) is 0 Å². The molecule has 3 nitrogen and oxygen atoms in total. The minimum absolute atomic E-state index is 0.852. The van der Waals surface area contributed by atoms with Gasteiger partial charge in [-0.25, -0.2) is 0 Å². The summed E-state index contributed by atoms with van der Waals surface area (Å²) in [6.07, 6.45) is 4.01. The monoisotopic (exact) mass is 279 g/mol. The van der Waals surface area contributed by atoms with Gasteiger partial charge in [-0.2, -0.15) is 0 Å². The molecule has 0 atom stereocenters. The lowest BCUT2D eigenvalue weighted by Gasteiger charge is -2.08. The lowest BCUT2D eigenvalue weighted by atomic mass is 9.99. The first-order valence-corrected chi connectivity index (χ1v) is 6.77. The molecule has 0 aliphatic heterocycles. The summed E-state index contributed by atoms with van der Waals surface area (Å²) in [4.78, 5) is 3.19. The Morgan fingerprint density at radius 1 is 0.714 bits per heavy atom. The van der Waals surface area contributed by atoms with Crippen LogP contribution in [0.2, 0.25) is 0 Å². The van der Waals surface area contributed by atoms with Gasteiger partial charge in [0.05, 0.1) is 14.2 Å². The van der Waals surface area contributed by atoms with Crippen LogP contribution in [0, 0.1) is 0 Å². The molecule has 2 aromatic carbocycles. The first kappa shape index (κ1) is 13.3. The summed E-state index contributed by atoms with van der Waals surface area (Å²) >= 11 is 0. The van der Waals surface area contributed by atoms with Gasteiger partial charge >= 0.3 is 0 Å². The summed E-state index contributed by atoms with van der Waals surface area (Å²) < 4.78 is 10.6. The fourth-order valence-electron chi connectivity index (χ4n) is 2.42. The molecule has 0 unspecified atom stereocenters. The molecule has 106 valence electrons. The zero-order chi connectivity index (χ0) is 14.7. The van der Waals surface area contributed by atoms with E-state index in [2.05, 4.69) is 17.1 Å². The Balaban J connectivity index is 2.07. The molecule has 0 fully saturated rings. The highest BCUT2D eigenvalue weighted by Crippen LogP contribution is 2.34. The number of aromatic amines is 1. The first-order valence-electron chi connectivity index (χ1n) is 6.77. The van der Waals surface area contributed by atoms with E-state index in [1.165, 1.54) is 0 Å². The molecule has 0 saturated carbocycles. The molecular weight excluding hydrogens is 262 g/mol. The maximum Gasteiger partial charge on any atom is 0.119 e. The molecule has 3 heteroatoms. The number of aromatic nitrogens is 1. The van der Waals surface area contributed by atoms with Gasteiger partial charge in [-0.05, 0) is 35.4 Å². The van der Waals surface area contributed by atoms with Gasteiger partial charge in [0.1, 0.15) is 11.5 Å². The van der Waals surface area contributed by atoms with Crippen molar-refractivity contribution in [1.82, 2.24) is 4.98 Å². The molecule has 1 heterocycles. The maximum atomic E-state index is 5.30. The number of ether oxygens (including phenoxy) is 2. The number of methoxy groups -OCH3 is 2. The summed E-state index contributed by atoms with van der Waals surface area (Å²) in [6.45, 7) is 0. The molecule has 0 saturated heterocycles. The average molecular weight is 279 g/mol. The number of rotatable bonds is 4. The van der Waals surface area contributed by atoms with E-state index in [4.69, 9.17) is 9.47 Å². The van der Waals surface area contributed by atoms with Crippen LogP contribution >= 0.6 is 0 Å². The number of nitrogens with one attached hydrogen (secondary N) is 1. The van der Waals surface area contributed by atoms with Gasteiger partial charge in [0.15, 0.2) is 0 Å². The van der Waals surface area contributed by atoms with Crippen molar-refractivity contribution in [3.63, 3.8) is 0 Å². The number of hydrogen-bond acceptors (Lipinski definition) is 2. The van der Waals surface area contributed by atoms with Gasteiger partial charge in [-0.1, -0.05) is 24.3 Å². The number of H-pyrrole nitrogens is 1. The normalized spacial score (nSPS) is 10.4. The summed E-state index contributed by atoms with van der Waals surface area (Å²) in [5, 5.41) is 0. The molecule has 1 aromatic heterocycles. The first-order chi connectivity index (χ1) is 10.3. The van der Waals surface area contributed by atoms with Crippen LogP contribution in [-0.4, -0.2) is 19.2 Å². The molecule has 21 heavy (non-hydrogen) atoms. The summed E-state index contributed by atoms with van der Waals surface area (Å²) in [6, 6.07) is 16.1. The van der Waals surface area contributed by atoms with Crippen molar-refractivity contribution in [2.24, 2.45) is 0 Å². The van der Waals surface area contributed by atoms with E-state index in [9.17, 15) is 0 Å². The van der Waals surface area contributed by atoms with E-state index in [-0.39, 0.29) is 0 Å². The van der Waals surface area contributed by atoms with E-state index >= 15 is 0 Å². The van der Waals surface area contributed by atoms with Gasteiger partial charge in [0.25, 0.3) is 0 Å². The molecule has 3 aromatic rings. The Morgan fingerprint density at radius 2 is 1.19 bits per heavy atom. The Bertz CT molecular complexity index is 684. The Labute approximate surface area is 124 Å². The van der Waals surface area contributed by atoms with Gasteiger partial charge in [-0.3, -0.25) is 0 Å². The molecule has 0 aliphatic carbocycles. The van der Waals surface area contributed by atoms with Crippen molar-refractivity contribution >= 4 is 0 Å². The number of benzene rings is 2. The quantitative estimate of drug-likeness (QED) is 0.769. The van der Waals surface area contributed by atoms with Crippen LogP contribution in [0.3, 0.4) is 0 Å². The summed E-state index contributed by atoms with van der Waals surface area (Å²) in [5.41, 5.74) is 4.52. The van der Waals surface area contributed by atoms with E-state index in [1.54, 1.807) is 14.2 Å². The maximum absolute atomic E-state index is 5.30. The Hall–Kier alpha value is -2.68. The van der Waals surface area contributed by atoms with Crippen molar-refractivity contribution in [2.45, 2.75) is 0 Å². The van der Waals surface area contributed by atoms with Crippen molar-refractivity contribution in [1.29, 1.82) is 0 Å². The van der Waals surface area contributed by atoms with Crippen LogP contribution in [0.1, 0.15) is 0 Å². The topological polar surface area (TPSA) is 34.2 Å². The van der Waals surface area contributed by atoms with Gasteiger partial charge in [-0.15, -0.1) is 0 Å². The van der Waals surface area contributed by atoms with E-state index in [1.807, 2.05) is 48.8 Å². The highest BCUT2D eigenvalue weighted by atomic mass is 16.5. The van der Waals surface area contributed by atoms with Crippen LogP contribution in [0.25, 0.3) is 22.3 Å². The largest absolute Gasteiger partial charge is 0.497 e. The van der Waals surface area contributed by atoms with Crippen LogP contribution in [0.15, 0.2) is 60.9 Å². The molecule has 0 amide bonds. The molecule has 1 N–H and O–H groups in total. The predicted octanol–water partition coefficient (Wildman–Crippen LogP) is 4.37. The molecule has 0 bridgehead atoms. The van der Waals surface area contributed by atoms with Crippen molar-refractivity contribution in [3.05, 3.63) is 60.9 Å². The minimum Gasteiger partial charge on any atom is -0.497 e. The van der Waals surface area contributed by atoms with Crippen LogP contribution in [0.4, 0.5) is 0 Å². The molecule has 0 aliphatic rings. The smallest absolute Gasteiger partial charge is 0.119 e. The Morgan fingerprint density at radius 3 is 1.62 bits per heavy atom. The summed E-state index contributed by atoms with van der Waals surface area (Å²) in [5.74, 6) is 1.70. The predicted molar refractivity (Wildman–Crippen MR) is 84.8 cm³/mol. The van der Waals surface area contributed by atoms with Gasteiger partial charge < -0.3 is 14.5 Å². The molecular formula is C18H17NO2. The van der Waals surface area contributed by atoms with E-state index < -0.39 is 0 Å². The zero-order valence-electron chi connectivity index (χ0n) is 12.1. The average Bonchev–Trinajstić information content (AvgIpc) is 3.04. The third kappa shape index (κ3) is 2.63. The third-order valence-electron chi connectivity index (χ3n) is 3.51. The standard InChI is InChI=1S/C18H17NO2/c1-20-15-7-3-5-13(9-15)17-11-19-12-18(17)14-6-4-8-16(10-14)21-2/h3-12,19H,1-2H3. The van der Waals surface area contributed by atoms with Crippen molar-refractivity contribution < 1.29 is 9.47 Å². The zero-order valence-corrected chi connectivity index (χ0v) is 12.1. The highest BCUT2D eigenvalue weighted by Gasteiger charge is 2.10. The lowest BCUT2D eigenvalue weighted by Crippen LogP contribution is -1.86. The third-order valence-corrected chi connectivity index (χ3v) is 3.51. The second-order valence-electron chi connectivity index (χ2n) is 4.75. The fraction of sp³-hybridized carbons (Fsp3) is 0.111. The molecule has 0 spiro atoms. The highest BCUT2D eigenvalue weighted by molar-refractivity contribution is 5.83. The number of hydrogen-bond donors (Lipinski definition) is 1. The van der Waals surface area contributed by atoms with Crippen LogP contribution in [-0.2, 0) is 0 Å². The summed E-state index contributed by atoms with van der Waals surface area (Å²) in [7, 11) is 3.36. The lowest BCUT2D eigenvalue weighted by molar-refractivity contribution is 0.415. The Kier molecular flexibility index (Phi) is 3.65. The second kappa shape index (κ2) is 5.75. The van der Waals surface area contributed by atoms with Crippen LogP contribution in [0.5, 0.6) is 11.5 Å². The van der Waals surface area contributed by atoms with Crippen molar-refractivity contribution in [2.75, 3.05) is 14.2 Å². The van der Waals surface area contributed by atoms with E-state index in [0.29, 0.717) is 0 Å².